The molecule has 0 aliphatic carbocycles. The molecule has 2 atom stereocenters. The molecule has 1 aromatic rings. The fourth-order valence-corrected chi connectivity index (χ4v) is 4.41. The molecule has 0 N–H and O–H groups in total. The molecule has 2 rings (SSSR count). The van der Waals surface area contributed by atoms with Crippen LogP contribution in [0.2, 0.25) is 0 Å². The van der Waals surface area contributed by atoms with Gasteiger partial charge in [-0.05, 0) is 30.2 Å². The minimum Gasteiger partial charge on any atom is -0.258 e. The Kier molecular flexibility index (Phi) is 4.04. The van der Waals surface area contributed by atoms with Gasteiger partial charge < -0.3 is 0 Å². The molecule has 2 unspecified atom stereocenters. The van der Waals surface area contributed by atoms with Crippen LogP contribution in [0.25, 0.3) is 0 Å². The number of rotatable bonds is 3. The van der Waals surface area contributed by atoms with Gasteiger partial charge in [-0.25, -0.2) is 4.39 Å². The van der Waals surface area contributed by atoms with Gasteiger partial charge >= 0.3 is 0 Å². The third-order valence-electron chi connectivity index (χ3n) is 2.84. The molecule has 17 heavy (non-hydrogen) atoms. The fraction of sp³-hybridized carbons (Fsp3) is 0.455. The van der Waals surface area contributed by atoms with E-state index in [4.69, 9.17) is 0 Å². The van der Waals surface area contributed by atoms with Gasteiger partial charge in [0.05, 0.1) is 4.92 Å². The van der Waals surface area contributed by atoms with Gasteiger partial charge in [0.1, 0.15) is 5.82 Å². The molecule has 0 bridgehead atoms. The van der Waals surface area contributed by atoms with E-state index < -0.39 is 10.7 Å². The minimum absolute atomic E-state index is 0.0167. The van der Waals surface area contributed by atoms with Crippen LogP contribution in [-0.2, 0) is 6.42 Å². The van der Waals surface area contributed by atoms with Crippen LogP contribution in [0, 0.1) is 21.8 Å². The average Bonchev–Trinajstić information content (AvgIpc) is 2.64. The largest absolute Gasteiger partial charge is 0.272 e. The third-order valence-corrected chi connectivity index (χ3v) is 5.60. The molecule has 6 heteroatoms. The predicted octanol–water partition coefficient (Wildman–Crippen LogP) is 3.40. The molecule has 1 aliphatic heterocycles. The Morgan fingerprint density at radius 1 is 1.53 bits per heavy atom. The second-order valence-electron chi connectivity index (χ2n) is 4.05. The molecule has 1 fully saturated rings. The summed E-state index contributed by atoms with van der Waals surface area (Å²) in [5.41, 5.74) is 0.509. The van der Waals surface area contributed by atoms with Gasteiger partial charge in [0, 0.05) is 22.2 Å². The second-order valence-corrected chi connectivity index (χ2v) is 6.30. The lowest BCUT2D eigenvalue weighted by Gasteiger charge is -2.12. The van der Waals surface area contributed by atoms with Crippen molar-refractivity contribution in [2.45, 2.75) is 11.2 Å². The lowest BCUT2D eigenvalue weighted by Crippen LogP contribution is -2.15. The first-order chi connectivity index (χ1) is 8.08. The van der Waals surface area contributed by atoms with Crippen LogP contribution in [0.15, 0.2) is 18.2 Å². The van der Waals surface area contributed by atoms with Crippen LogP contribution < -0.4 is 0 Å². The highest BCUT2D eigenvalue weighted by Gasteiger charge is 2.28. The molecule has 0 spiro atoms. The Morgan fingerprint density at radius 2 is 2.29 bits per heavy atom. The first-order valence-corrected chi connectivity index (χ1v) is 7.29. The summed E-state index contributed by atoms with van der Waals surface area (Å²) in [6, 6.07) is 3.66. The SMILES string of the molecule is O=[N+]([O-])c1ccc(F)cc1CC1CSCC1Br. The number of thioether (sulfide) groups is 1. The van der Waals surface area contributed by atoms with Gasteiger partial charge in [0.2, 0.25) is 0 Å². The minimum atomic E-state index is -0.444. The van der Waals surface area contributed by atoms with E-state index in [0.29, 0.717) is 22.7 Å². The van der Waals surface area contributed by atoms with Crippen LogP contribution >= 0.6 is 27.7 Å². The lowest BCUT2D eigenvalue weighted by molar-refractivity contribution is -0.385. The molecule has 1 aliphatic rings. The highest BCUT2D eigenvalue weighted by molar-refractivity contribution is 9.09. The zero-order valence-corrected chi connectivity index (χ0v) is 11.3. The van der Waals surface area contributed by atoms with Crippen LogP contribution in [-0.4, -0.2) is 21.3 Å². The monoisotopic (exact) mass is 319 g/mol. The van der Waals surface area contributed by atoms with Crippen molar-refractivity contribution in [2.24, 2.45) is 5.92 Å². The van der Waals surface area contributed by atoms with E-state index in [1.807, 2.05) is 11.8 Å². The van der Waals surface area contributed by atoms with E-state index in [1.165, 1.54) is 12.1 Å². The van der Waals surface area contributed by atoms with E-state index in [0.717, 1.165) is 17.6 Å². The van der Waals surface area contributed by atoms with Gasteiger partial charge in [0.15, 0.2) is 0 Å². The van der Waals surface area contributed by atoms with Crippen molar-refractivity contribution in [1.29, 1.82) is 0 Å². The first-order valence-electron chi connectivity index (χ1n) is 5.22. The molecule has 1 aromatic carbocycles. The van der Waals surface area contributed by atoms with Crippen LogP contribution in [0.1, 0.15) is 5.56 Å². The van der Waals surface area contributed by atoms with E-state index in [-0.39, 0.29) is 5.69 Å². The van der Waals surface area contributed by atoms with Crippen molar-refractivity contribution < 1.29 is 9.31 Å². The topological polar surface area (TPSA) is 43.1 Å². The summed E-state index contributed by atoms with van der Waals surface area (Å²) in [7, 11) is 0. The van der Waals surface area contributed by atoms with Crippen molar-refractivity contribution in [1.82, 2.24) is 0 Å². The molecule has 0 aromatic heterocycles. The maximum Gasteiger partial charge on any atom is 0.272 e. The Balaban J connectivity index is 2.24. The molecule has 92 valence electrons. The molecule has 1 heterocycles. The van der Waals surface area contributed by atoms with Gasteiger partial charge in [-0.2, -0.15) is 11.8 Å². The lowest BCUT2D eigenvalue weighted by atomic mass is 9.97. The maximum absolute atomic E-state index is 13.1. The van der Waals surface area contributed by atoms with Crippen molar-refractivity contribution >= 4 is 33.4 Å². The summed E-state index contributed by atoms with van der Waals surface area (Å²) in [6.45, 7) is 0. The molecule has 1 saturated heterocycles. The van der Waals surface area contributed by atoms with Crippen molar-refractivity contribution in [2.75, 3.05) is 11.5 Å². The Bertz CT molecular complexity index is 443. The zero-order chi connectivity index (χ0) is 12.4. The van der Waals surface area contributed by atoms with E-state index in [2.05, 4.69) is 15.9 Å². The fourth-order valence-electron chi connectivity index (χ4n) is 1.94. The van der Waals surface area contributed by atoms with Gasteiger partial charge in [0.25, 0.3) is 5.69 Å². The molecular formula is C11H11BrFNO2S. The van der Waals surface area contributed by atoms with Crippen molar-refractivity contribution in [3.63, 3.8) is 0 Å². The number of nitro benzene ring substituents is 1. The zero-order valence-electron chi connectivity index (χ0n) is 8.94. The number of benzene rings is 1. The number of alkyl halides is 1. The molecular weight excluding hydrogens is 309 g/mol. The summed E-state index contributed by atoms with van der Waals surface area (Å²) in [4.78, 5) is 10.8. The summed E-state index contributed by atoms with van der Waals surface area (Å²) < 4.78 is 13.1. The summed E-state index contributed by atoms with van der Waals surface area (Å²) in [5, 5.41) is 10.9. The smallest absolute Gasteiger partial charge is 0.258 e. The number of nitro groups is 1. The van der Waals surface area contributed by atoms with Crippen molar-refractivity contribution in [3.8, 4) is 0 Å². The van der Waals surface area contributed by atoms with Crippen LogP contribution in [0.3, 0.4) is 0 Å². The number of nitrogens with zero attached hydrogens (tertiary/aromatic N) is 1. The van der Waals surface area contributed by atoms with Gasteiger partial charge in [-0.1, -0.05) is 15.9 Å². The Labute approximate surface area is 111 Å². The number of hydrogen-bond donors (Lipinski definition) is 0. The molecule has 0 amide bonds. The standard InChI is InChI=1S/C11H11BrFNO2S/c12-10-6-17-5-8(10)3-7-4-9(13)1-2-11(7)14(15)16/h1-2,4,8,10H,3,5-6H2. The van der Waals surface area contributed by atoms with Crippen LogP contribution in [0.4, 0.5) is 10.1 Å². The van der Waals surface area contributed by atoms with Crippen molar-refractivity contribution in [3.05, 3.63) is 39.7 Å². The van der Waals surface area contributed by atoms with Crippen LogP contribution in [0.5, 0.6) is 0 Å². The maximum atomic E-state index is 13.1. The predicted molar refractivity (Wildman–Crippen MR) is 70.3 cm³/mol. The highest BCUT2D eigenvalue weighted by atomic mass is 79.9. The summed E-state index contributed by atoms with van der Waals surface area (Å²) in [6.07, 6.45) is 0.553. The highest BCUT2D eigenvalue weighted by Crippen LogP contribution is 2.34. The third kappa shape index (κ3) is 2.98. The quantitative estimate of drug-likeness (QED) is 0.487. The Morgan fingerprint density at radius 3 is 2.88 bits per heavy atom. The van der Waals surface area contributed by atoms with E-state index in [9.17, 15) is 14.5 Å². The van der Waals surface area contributed by atoms with Gasteiger partial charge in [-0.15, -0.1) is 0 Å². The molecule has 0 saturated carbocycles. The summed E-state index contributed by atoms with van der Waals surface area (Å²) in [5.74, 6) is 1.89. The molecule has 3 nitrogen and oxygen atoms in total. The number of hydrogen-bond acceptors (Lipinski definition) is 3. The molecule has 0 radical (unpaired) electrons. The second kappa shape index (κ2) is 5.35. The Hall–Kier alpha value is -0.620. The first kappa shape index (κ1) is 12.8. The van der Waals surface area contributed by atoms with E-state index >= 15 is 0 Å². The normalized spacial score (nSPS) is 23.9. The number of halogens is 2. The van der Waals surface area contributed by atoms with E-state index in [1.54, 1.807) is 0 Å². The average molecular weight is 320 g/mol. The summed E-state index contributed by atoms with van der Waals surface area (Å²) >= 11 is 5.38. The van der Waals surface area contributed by atoms with Gasteiger partial charge in [-0.3, -0.25) is 10.1 Å².